The van der Waals surface area contributed by atoms with E-state index in [-0.39, 0.29) is 23.6 Å². The highest BCUT2D eigenvalue weighted by molar-refractivity contribution is 5.57. The maximum absolute atomic E-state index is 15.7. The molecule has 40 heavy (non-hydrogen) atoms. The number of alkyl halides is 2. The summed E-state index contributed by atoms with van der Waals surface area (Å²) < 4.78 is 37.3. The summed E-state index contributed by atoms with van der Waals surface area (Å²) in [6.45, 7) is 11.8. The Morgan fingerprint density at radius 2 is 1.82 bits per heavy atom. The zero-order valence-electron chi connectivity index (χ0n) is 25.3. The van der Waals surface area contributed by atoms with Crippen LogP contribution < -0.4 is 11.5 Å². The summed E-state index contributed by atoms with van der Waals surface area (Å²) in [7, 11) is 0. The highest BCUT2D eigenvalue weighted by Gasteiger charge is 2.62. The lowest BCUT2D eigenvalue weighted by Gasteiger charge is -2.60. The number of hydrogen-bond acceptors (Lipinski definition) is 4. The van der Waals surface area contributed by atoms with Crippen molar-refractivity contribution >= 4 is 11.4 Å². The number of aliphatic hydroxyl groups excluding tert-OH is 1. The van der Waals surface area contributed by atoms with Crippen molar-refractivity contribution in [3.63, 3.8) is 0 Å². The predicted molar refractivity (Wildman–Crippen MR) is 158 cm³/mol. The van der Waals surface area contributed by atoms with Crippen LogP contribution in [0.3, 0.4) is 0 Å². The fourth-order valence-electron chi connectivity index (χ4n) is 9.96. The Kier molecular flexibility index (Phi) is 8.11. The van der Waals surface area contributed by atoms with E-state index in [0.29, 0.717) is 29.4 Å². The smallest absolute Gasteiger partial charge is 0.385 e. The van der Waals surface area contributed by atoms with Crippen molar-refractivity contribution in [3.8, 4) is 0 Å². The molecular weight excluding hydrogens is 506 g/mol. The van der Waals surface area contributed by atoms with Gasteiger partial charge >= 0.3 is 6.11 Å². The Balaban J connectivity index is 1.40. The Morgan fingerprint density at radius 3 is 2.52 bits per heavy atom. The number of nitrogen functional groups attached to an aromatic ring is 2. The first kappa shape index (κ1) is 29.8. The minimum atomic E-state index is -3.58. The topological polar surface area (TPSA) is 81.5 Å². The number of aliphatic hydroxyl groups is 1. The van der Waals surface area contributed by atoms with Gasteiger partial charge in [-0.15, -0.1) is 0 Å². The molecule has 0 aliphatic heterocycles. The zero-order chi connectivity index (χ0) is 29.0. The molecule has 5 N–H and O–H groups in total. The van der Waals surface area contributed by atoms with Gasteiger partial charge in [0.05, 0.1) is 17.8 Å². The van der Waals surface area contributed by atoms with Gasteiger partial charge in [-0.25, -0.2) is 0 Å². The molecule has 1 aromatic rings. The van der Waals surface area contributed by atoms with Crippen LogP contribution in [0.15, 0.2) is 29.8 Å². The molecule has 6 heteroatoms. The van der Waals surface area contributed by atoms with E-state index in [0.717, 1.165) is 42.6 Å². The number of hydrogen-bond donors (Lipinski definition) is 3. The van der Waals surface area contributed by atoms with Crippen LogP contribution in [0.4, 0.5) is 20.2 Å². The van der Waals surface area contributed by atoms with Crippen molar-refractivity contribution in [3.05, 3.63) is 35.4 Å². The largest absolute Gasteiger partial charge is 0.399 e. The lowest BCUT2D eigenvalue weighted by atomic mass is 9.46. The van der Waals surface area contributed by atoms with Crippen LogP contribution in [-0.4, -0.2) is 17.3 Å². The molecule has 1 aromatic carbocycles. The molecule has 4 aliphatic carbocycles. The highest BCUT2D eigenvalue weighted by atomic mass is 19.3. The molecule has 4 nitrogen and oxygen atoms in total. The van der Waals surface area contributed by atoms with Crippen LogP contribution in [0.25, 0.3) is 0 Å². The summed E-state index contributed by atoms with van der Waals surface area (Å²) in [5.74, 6) is 3.57. The van der Waals surface area contributed by atoms with Crippen molar-refractivity contribution in [1.82, 2.24) is 0 Å². The lowest BCUT2D eigenvalue weighted by Crippen LogP contribution is -2.57. The maximum atomic E-state index is 15.7. The van der Waals surface area contributed by atoms with Gasteiger partial charge in [0, 0.05) is 23.2 Å². The molecule has 224 valence electrons. The second-order valence-electron chi connectivity index (χ2n) is 14.7. The first-order valence-electron chi connectivity index (χ1n) is 15.9. The van der Waals surface area contributed by atoms with Gasteiger partial charge in [-0.2, -0.15) is 8.78 Å². The molecule has 4 aliphatic rings. The van der Waals surface area contributed by atoms with Crippen molar-refractivity contribution in [1.29, 1.82) is 0 Å². The van der Waals surface area contributed by atoms with E-state index in [1.807, 2.05) is 0 Å². The van der Waals surface area contributed by atoms with Crippen LogP contribution in [-0.2, 0) is 10.8 Å². The van der Waals surface area contributed by atoms with E-state index in [4.69, 9.17) is 16.2 Å². The van der Waals surface area contributed by atoms with E-state index < -0.39 is 23.7 Å². The standard InChI is InChI=1S/C34H52F2N2O2/c1-20(2)7-6-8-21(3)26-13-14-27-25-11-9-22-17-24(39)19-31(33(22,5)28(25)15-16-32(26,27)4)40-34(35,36)29-12-10-23(37)18-30(29)38/h9-10,12,18,20-21,24-28,31,39H,6-8,11,13-17,19,37-38H2,1-5H3/t21-,24+,25+,26-,27+,28+,31?,32-,33+/m1/s1. The summed E-state index contributed by atoms with van der Waals surface area (Å²) in [6, 6.07) is 4.05. The fraction of sp³-hybridized carbons (Fsp3) is 0.765. The minimum Gasteiger partial charge on any atom is -0.399 e. The van der Waals surface area contributed by atoms with Crippen LogP contribution in [0.2, 0.25) is 0 Å². The van der Waals surface area contributed by atoms with Gasteiger partial charge in [0.1, 0.15) is 0 Å². The summed E-state index contributed by atoms with van der Waals surface area (Å²) in [5, 5.41) is 10.8. The molecule has 0 spiro atoms. The molecule has 0 amide bonds. The van der Waals surface area contributed by atoms with Gasteiger partial charge in [0.15, 0.2) is 0 Å². The van der Waals surface area contributed by atoms with Crippen molar-refractivity contribution < 1.29 is 18.6 Å². The molecular formula is C34H52F2N2O2. The molecule has 0 radical (unpaired) electrons. The lowest BCUT2D eigenvalue weighted by molar-refractivity contribution is -0.302. The second kappa shape index (κ2) is 10.9. The zero-order valence-corrected chi connectivity index (χ0v) is 25.3. The van der Waals surface area contributed by atoms with Crippen LogP contribution in [0.5, 0.6) is 0 Å². The van der Waals surface area contributed by atoms with E-state index in [9.17, 15) is 5.11 Å². The average Bonchev–Trinajstić information content (AvgIpc) is 3.21. The van der Waals surface area contributed by atoms with Gasteiger partial charge < -0.3 is 21.3 Å². The Labute approximate surface area is 240 Å². The van der Waals surface area contributed by atoms with Crippen molar-refractivity contribution in [2.75, 3.05) is 11.5 Å². The van der Waals surface area contributed by atoms with E-state index in [1.54, 1.807) is 0 Å². The van der Waals surface area contributed by atoms with Crippen molar-refractivity contribution in [2.24, 2.45) is 46.3 Å². The second-order valence-corrected chi connectivity index (χ2v) is 14.7. The number of halogens is 2. The first-order valence-corrected chi connectivity index (χ1v) is 15.9. The van der Waals surface area contributed by atoms with E-state index >= 15 is 8.78 Å². The fourth-order valence-corrected chi connectivity index (χ4v) is 9.96. The third-order valence-corrected chi connectivity index (χ3v) is 12.0. The number of fused-ring (bicyclic) bond motifs is 5. The minimum absolute atomic E-state index is 0.0725. The highest BCUT2D eigenvalue weighted by Crippen LogP contribution is 2.68. The summed E-state index contributed by atoms with van der Waals surface area (Å²) in [6.07, 6.45) is 7.60. The summed E-state index contributed by atoms with van der Waals surface area (Å²) >= 11 is 0. The molecule has 1 unspecified atom stereocenters. The van der Waals surface area contributed by atoms with Gasteiger partial charge in [-0.05, 0) is 97.6 Å². The SMILES string of the molecule is CC(C)CCC[C@@H](C)[C@H]1CC[C@H]2[C@@H]3CC=C4C[C@H](O)CC(OC(F)(F)c5ccc(N)cc5N)[C@]4(C)[C@H]3CC[C@]12C. The van der Waals surface area contributed by atoms with Gasteiger partial charge in [-0.1, -0.05) is 65.5 Å². The molecule has 3 saturated carbocycles. The molecule has 0 bridgehead atoms. The number of nitrogens with two attached hydrogens (primary N) is 2. The molecule has 5 rings (SSSR count). The van der Waals surface area contributed by atoms with E-state index in [2.05, 4.69) is 40.7 Å². The number of benzene rings is 1. The average molecular weight is 559 g/mol. The number of anilines is 2. The number of rotatable bonds is 8. The Morgan fingerprint density at radius 1 is 1.07 bits per heavy atom. The molecule has 0 heterocycles. The summed E-state index contributed by atoms with van der Waals surface area (Å²) in [4.78, 5) is 0. The van der Waals surface area contributed by atoms with Gasteiger partial charge in [0.25, 0.3) is 0 Å². The van der Waals surface area contributed by atoms with Crippen molar-refractivity contribution in [2.45, 2.75) is 117 Å². The molecule has 3 fully saturated rings. The molecule has 0 aromatic heterocycles. The normalized spacial score (nSPS) is 38.4. The van der Waals surface area contributed by atoms with Gasteiger partial charge in [0.2, 0.25) is 0 Å². The van der Waals surface area contributed by atoms with Crippen LogP contribution >= 0.6 is 0 Å². The predicted octanol–water partition coefficient (Wildman–Crippen LogP) is 8.30. The Bertz CT molecular complexity index is 1110. The van der Waals surface area contributed by atoms with Crippen LogP contribution in [0.1, 0.15) is 104 Å². The third kappa shape index (κ3) is 5.10. The number of allylic oxidation sites excluding steroid dienone is 1. The third-order valence-electron chi connectivity index (χ3n) is 12.0. The van der Waals surface area contributed by atoms with Gasteiger partial charge in [-0.3, -0.25) is 0 Å². The van der Waals surface area contributed by atoms with E-state index in [1.165, 1.54) is 50.3 Å². The van der Waals surface area contributed by atoms with Crippen LogP contribution in [0, 0.1) is 46.3 Å². The molecule has 9 atom stereocenters. The quantitative estimate of drug-likeness (QED) is 0.221. The maximum Gasteiger partial charge on any atom is 0.385 e. The first-order chi connectivity index (χ1) is 18.8. The monoisotopic (exact) mass is 558 g/mol. The molecule has 0 saturated heterocycles. The summed E-state index contributed by atoms with van der Waals surface area (Å²) in [5.41, 5.74) is 12.5. The Hall–Kier alpha value is -1.66. The number of ether oxygens (including phenoxy) is 1.